The van der Waals surface area contributed by atoms with E-state index >= 15 is 0 Å². The van der Waals surface area contributed by atoms with Gasteiger partial charge in [0.25, 0.3) is 0 Å². The molecule has 0 aliphatic heterocycles. The van der Waals surface area contributed by atoms with Crippen LogP contribution in [0.3, 0.4) is 0 Å². The van der Waals surface area contributed by atoms with Gasteiger partial charge in [0.15, 0.2) is 0 Å². The molecule has 224 valence electrons. The van der Waals surface area contributed by atoms with Crippen molar-refractivity contribution in [2.45, 2.75) is 105 Å². The Hall–Kier alpha value is -2.63. The third-order valence-corrected chi connectivity index (χ3v) is 9.30. The molecule has 0 fully saturated rings. The van der Waals surface area contributed by atoms with Crippen molar-refractivity contribution in [2.24, 2.45) is 0 Å². The summed E-state index contributed by atoms with van der Waals surface area (Å²) in [5.74, 6) is 0. The fraction of sp³-hybridized carbons (Fsp3) is 0.400. The van der Waals surface area contributed by atoms with Crippen molar-refractivity contribution in [3.63, 3.8) is 0 Å². The van der Waals surface area contributed by atoms with Gasteiger partial charge in [-0.2, -0.15) is 21.9 Å². The van der Waals surface area contributed by atoms with Crippen LogP contribution in [0.4, 0.5) is 0 Å². The first-order chi connectivity index (χ1) is 20.2. The molecular weight excluding hydrogens is 522 g/mol. The van der Waals surface area contributed by atoms with Gasteiger partial charge in [-0.05, 0) is 78.0 Å². The van der Waals surface area contributed by atoms with E-state index in [-0.39, 0.29) is 9.90 Å². The molecular formula is C40H56BP. The van der Waals surface area contributed by atoms with Crippen molar-refractivity contribution in [2.75, 3.05) is 0 Å². The highest BCUT2D eigenvalue weighted by Gasteiger charge is 2.34. The van der Waals surface area contributed by atoms with Crippen LogP contribution in [0.2, 0.25) is 0 Å². The maximum absolute atomic E-state index is 2.72. The summed E-state index contributed by atoms with van der Waals surface area (Å²) in [4.78, 5) is 0. The van der Waals surface area contributed by atoms with Crippen LogP contribution in [0, 0.1) is 0 Å². The van der Waals surface area contributed by atoms with Gasteiger partial charge < -0.3 is 0 Å². The Bertz CT molecular complexity index is 1220. The minimum absolute atomic E-state index is 0. The van der Waals surface area contributed by atoms with Crippen LogP contribution in [0.25, 0.3) is 0 Å². The Morgan fingerprint density at radius 1 is 0.429 bits per heavy atom. The van der Waals surface area contributed by atoms with E-state index in [0.717, 1.165) is 6.42 Å². The minimum Gasteiger partial charge on any atom is -0.195 e. The topological polar surface area (TPSA) is 0 Å². The standard InChI is InChI=1S/C40H52B.H3P/c1-5-9-22-33-32-40(39(31-12-8-4)38(30-11-7-3)37(33)29-10-6-2)41(34-23-16-13-17-24-34,35-25-18-14-19-26-35)36-27-20-15-21-28-36;/h13-21,23-28,32H,5-12,22,29-31H2,1-4H3;1H3/q-1;/p+1. The zero-order chi connectivity index (χ0) is 28.9. The summed E-state index contributed by atoms with van der Waals surface area (Å²) in [6.07, 6.45) is 13.3. The highest BCUT2D eigenvalue weighted by molar-refractivity contribution is 7.20. The summed E-state index contributed by atoms with van der Waals surface area (Å²) >= 11 is 0. The maximum Gasteiger partial charge on any atom is 0.108 e. The summed E-state index contributed by atoms with van der Waals surface area (Å²) < 4.78 is 0. The molecule has 0 radical (unpaired) electrons. The molecule has 1 unspecified atom stereocenters. The molecule has 0 aliphatic rings. The summed E-state index contributed by atoms with van der Waals surface area (Å²) in [6, 6.07) is 37.1. The highest BCUT2D eigenvalue weighted by Crippen LogP contribution is 2.28. The lowest BCUT2D eigenvalue weighted by Gasteiger charge is -2.47. The summed E-state index contributed by atoms with van der Waals surface area (Å²) in [7, 11) is 0. The van der Waals surface area contributed by atoms with Crippen molar-refractivity contribution in [3.05, 3.63) is 119 Å². The number of aryl methyl sites for hydroxylation is 1. The van der Waals surface area contributed by atoms with Gasteiger partial charge in [0.2, 0.25) is 0 Å². The Labute approximate surface area is 261 Å². The molecule has 0 aliphatic carbocycles. The third-order valence-electron chi connectivity index (χ3n) is 9.30. The SMILES string of the molecule is CCCCc1cc([B-](c2ccccc2)(c2ccccc2)c2ccccc2)c(CCCC)c(CCCC)c1CCCC.[PH4+]. The van der Waals surface area contributed by atoms with Crippen LogP contribution >= 0.6 is 9.90 Å². The van der Waals surface area contributed by atoms with Gasteiger partial charge in [0.1, 0.15) is 6.15 Å². The van der Waals surface area contributed by atoms with Gasteiger partial charge >= 0.3 is 0 Å². The first-order valence-corrected chi connectivity index (χ1v) is 16.7. The van der Waals surface area contributed by atoms with Crippen LogP contribution in [-0.2, 0) is 25.7 Å². The Morgan fingerprint density at radius 3 is 1.19 bits per heavy atom. The van der Waals surface area contributed by atoms with Crippen LogP contribution in [0.15, 0.2) is 97.1 Å². The monoisotopic (exact) mass is 578 g/mol. The smallest absolute Gasteiger partial charge is 0.108 e. The molecule has 4 aromatic carbocycles. The summed E-state index contributed by atoms with van der Waals surface area (Å²) in [5, 5.41) is 0. The van der Waals surface area contributed by atoms with Crippen LogP contribution < -0.4 is 21.9 Å². The number of hydrogen-bond donors (Lipinski definition) is 0. The zero-order valence-corrected chi connectivity index (χ0v) is 29.3. The van der Waals surface area contributed by atoms with Crippen molar-refractivity contribution in [1.29, 1.82) is 0 Å². The molecule has 4 aromatic rings. The summed E-state index contributed by atoms with van der Waals surface area (Å²) in [5.41, 5.74) is 12.5. The molecule has 0 saturated heterocycles. The lowest BCUT2D eigenvalue weighted by atomic mass is 9.12. The number of hydrogen-bond acceptors (Lipinski definition) is 0. The van der Waals surface area contributed by atoms with Gasteiger partial charge in [-0.25, -0.2) is 0 Å². The second kappa shape index (κ2) is 17.5. The normalized spacial score (nSPS) is 11.3. The molecule has 0 saturated carbocycles. The Balaban J connectivity index is 0.00000484. The van der Waals surface area contributed by atoms with E-state index in [2.05, 4.69) is 125 Å². The van der Waals surface area contributed by atoms with Crippen LogP contribution in [0.1, 0.15) is 101 Å². The Morgan fingerprint density at radius 2 is 0.786 bits per heavy atom. The van der Waals surface area contributed by atoms with E-state index in [1.165, 1.54) is 87.0 Å². The van der Waals surface area contributed by atoms with Crippen LogP contribution in [0.5, 0.6) is 0 Å². The van der Waals surface area contributed by atoms with E-state index < -0.39 is 6.15 Å². The molecule has 1 atom stereocenters. The van der Waals surface area contributed by atoms with E-state index in [4.69, 9.17) is 0 Å². The number of rotatable bonds is 16. The fourth-order valence-electron chi connectivity index (χ4n) is 7.20. The summed E-state index contributed by atoms with van der Waals surface area (Å²) in [6.45, 7) is 9.39. The molecule has 4 rings (SSSR count). The average molecular weight is 579 g/mol. The first-order valence-electron chi connectivity index (χ1n) is 16.7. The molecule has 0 spiro atoms. The quantitative estimate of drug-likeness (QED) is 0.0928. The maximum atomic E-state index is 2.72. The third kappa shape index (κ3) is 7.47. The van der Waals surface area contributed by atoms with Crippen molar-refractivity contribution in [1.82, 2.24) is 0 Å². The van der Waals surface area contributed by atoms with E-state index in [1.54, 1.807) is 27.7 Å². The number of unbranched alkanes of at least 4 members (excludes halogenated alkanes) is 4. The van der Waals surface area contributed by atoms with Gasteiger partial charge in [-0.15, -0.1) is 0 Å². The van der Waals surface area contributed by atoms with E-state index in [1.807, 2.05) is 0 Å². The first kappa shape index (κ1) is 33.9. The highest BCUT2D eigenvalue weighted by atomic mass is 31.0. The largest absolute Gasteiger partial charge is 0.195 e. The van der Waals surface area contributed by atoms with Crippen molar-refractivity contribution >= 4 is 37.9 Å². The van der Waals surface area contributed by atoms with Crippen molar-refractivity contribution in [3.8, 4) is 0 Å². The van der Waals surface area contributed by atoms with Gasteiger partial charge in [-0.1, -0.05) is 156 Å². The second-order valence-corrected chi connectivity index (χ2v) is 12.1. The lowest BCUT2D eigenvalue weighted by Crippen LogP contribution is -2.75. The van der Waals surface area contributed by atoms with Gasteiger partial charge in [-0.3, -0.25) is 0 Å². The number of benzene rings is 4. The molecule has 0 N–H and O–H groups in total. The molecule has 0 heterocycles. The van der Waals surface area contributed by atoms with E-state index in [0.29, 0.717) is 0 Å². The molecule has 0 bridgehead atoms. The average Bonchev–Trinajstić information content (AvgIpc) is 3.03. The van der Waals surface area contributed by atoms with Gasteiger partial charge in [0.05, 0.1) is 0 Å². The second-order valence-electron chi connectivity index (χ2n) is 12.1. The van der Waals surface area contributed by atoms with E-state index in [9.17, 15) is 0 Å². The predicted molar refractivity (Wildman–Crippen MR) is 197 cm³/mol. The predicted octanol–water partition coefficient (Wildman–Crippen LogP) is 8.22. The minimum atomic E-state index is -1.37. The van der Waals surface area contributed by atoms with Crippen molar-refractivity contribution < 1.29 is 0 Å². The molecule has 0 amide bonds. The Kier molecular flexibility index (Phi) is 14.1. The lowest BCUT2D eigenvalue weighted by molar-refractivity contribution is 0.720. The van der Waals surface area contributed by atoms with Crippen LogP contribution in [-0.4, -0.2) is 6.15 Å². The molecule has 42 heavy (non-hydrogen) atoms. The molecule has 2 heteroatoms. The molecule has 0 nitrogen and oxygen atoms in total. The fourth-order valence-corrected chi connectivity index (χ4v) is 7.20. The van der Waals surface area contributed by atoms with Gasteiger partial charge in [0, 0.05) is 0 Å². The molecule has 0 aromatic heterocycles. The zero-order valence-electron chi connectivity index (χ0n) is 27.3.